The van der Waals surface area contributed by atoms with Crippen LogP contribution in [-0.4, -0.2) is 18.7 Å². The Morgan fingerprint density at radius 3 is 1.30 bits per heavy atom. The van der Waals surface area contributed by atoms with Crippen molar-refractivity contribution in [3.05, 3.63) is 259 Å². The Morgan fingerprint density at radius 2 is 0.762 bits per heavy atom. The van der Waals surface area contributed by atoms with Crippen LogP contribution in [-0.2, 0) is 26.2 Å². The first-order valence-electron chi connectivity index (χ1n) is 26.8. The molecule has 0 atom stereocenters. The maximum atomic E-state index is 7.13. The highest BCUT2D eigenvalue weighted by Gasteiger charge is 2.33. The zero-order chi connectivity index (χ0) is 55.4. The molecule has 0 saturated carbocycles. The standard InChI is InChI=1S/4C17H14N3/c1-11-6-13-9-19-10-14-8-15(18-3)4-5-16(14)20(19)17(13)7-12(11)2;1-11-6-12(2)17-14(7-11)10-19-9-13-8-15(18-3)4-5-16(13)20(17)19;1-11-6-12(2)15-10-19-9-13-8-14(18-3)4-5-16(13)20(19)17(15)7-11;1-11-4-5-13-9-19-10-14-8-15(18-3)6-7-16(14)20(19)17(13)12(11)2/h4-8,10H,9H2,1-2H3;2*4-9H,10H2,1-2H3;4-8,10H,9H2,1-2H3/q4*+1. The predicted molar refractivity (Wildman–Crippen MR) is 313 cm³/mol. The van der Waals surface area contributed by atoms with Crippen molar-refractivity contribution in [3.63, 3.8) is 0 Å². The van der Waals surface area contributed by atoms with Crippen LogP contribution in [0.15, 0.2) is 146 Å². The van der Waals surface area contributed by atoms with Crippen LogP contribution in [0.4, 0.5) is 22.7 Å². The van der Waals surface area contributed by atoms with Crippen molar-refractivity contribution in [2.24, 2.45) is 0 Å². The molecule has 0 N–H and O–H groups in total. The Kier molecular flexibility index (Phi) is 11.5. The van der Waals surface area contributed by atoms with Crippen molar-refractivity contribution >= 4 is 66.4 Å². The number of aromatic nitrogens is 8. The van der Waals surface area contributed by atoms with E-state index in [-0.39, 0.29) is 0 Å². The van der Waals surface area contributed by atoms with Gasteiger partial charge < -0.3 is 0 Å². The predicted octanol–water partition coefficient (Wildman–Crippen LogP) is 13.8. The number of hydrogen-bond acceptors (Lipinski definition) is 0. The maximum absolute atomic E-state index is 7.13. The van der Waals surface area contributed by atoms with E-state index in [0.717, 1.165) is 47.7 Å². The molecule has 8 aromatic carbocycles. The molecule has 16 rings (SSSR count). The van der Waals surface area contributed by atoms with E-state index >= 15 is 0 Å². The van der Waals surface area contributed by atoms with Gasteiger partial charge in [0.05, 0.1) is 53.4 Å². The van der Waals surface area contributed by atoms with Crippen molar-refractivity contribution < 1.29 is 18.7 Å². The van der Waals surface area contributed by atoms with Crippen molar-refractivity contribution in [2.45, 2.75) is 81.6 Å². The summed E-state index contributed by atoms with van der Waals surface area (Å²) in [5.41, 5.74) is 28.7. The van der Waals surface area contributed by atoms with Crippen LogP contribution in [0.25, 0.3) is 85.7 Å². The van der Waals surface area contributed by atoms with Gasteiger partial charge in [-0.25, -0.2) is 19.4 Å². The first-order valence-corrected chi connectivity index (χ1v) is 26.8. The molecular formula is C68H56N12+4. The Hall–Kier alpha value is -10.4. The van der Waals surface area contributed by atoms with E-state index in [1.165, 1.54) is 112 Å². The van der Waals surface area contributed by atoms with Gasteiger partial charge in [0.2, 0.25) is 24.8 Å². The summed E-state index contributed by atoms with van der Waals surface area (Å²) in [5.74, 6) is 0. The average Bonchev–Trinajstić information content (AvgIpc) is 4.50. The largest absolute Gasteiger partial charge is 0.238 e. The van der Waals surface area contributed by atoms with Gasteiger partial charge in [-0.15, -0.1) is 37.5 Å². The number of nitrogens with zero attached hydrogens (tertiary/aromatic N) is 12. The third kappa shape index (κ3) is 7.92. The summed E-state index contributed by atoms with van der Waals surface area (Å²) in [7, 11) is 0. The highest BCUT2D eigenvalue weighted by atomic mass is 15.4. The Bertz CT molecular complexity index is 4870. The Labute approximate surface area is 464 Å². The molecular weight excluding hydrogens is 985 g/mol. The molecule has 80 heavy (non-hydrogen) atoms. The van der Waals surface area contributed by atoms with Crippen molar-refractivity contribution in [2.75, 3.05) is 0 Å². The second-order valence-electron chi connectivity index (χ2n) is 21.8. The lowest BCUT2D eigenvalue weighted by Crippen LogP contribution is -2.36. The first kappa shape index (κ1) is 49.2. The number of rotatable bonds is 0. The summed E-state index contributed by atoms with van der Waals surface area (Å²) in [5, 5.41) is 4.51. The summed E-state index contributed by atoms with van der Waals surface area (Å²) in [6, 6.07) is 41.5. The minimum Gasteiger partial charge on any atom is -0.238 e. The summed E-state index contributed by atoms with van der Waals surface area (Å²) >= 11 is 0. The Balaban J connectivity index is 0.000000101. The second kappa shape index (κ2) is 18.7. The fourth-order valence-electron chi connectivity index (χ4n) is 12.5. The van der Waals surface area contributed by atoms with Gasteiger partial charge in [-0.05, 0) is 173 Å². The minimum atomic E-state index is 0.697. The molecule has 4 aliphatic heterocycles. The molecule has 0 unspecified atom stereocenters. The molecule has 4 aromatic heterocycles. The summed E-state index contributed by atoms with van der Waals surface area (Å²) < 4.78 is 18.0. The summed E-state index contributed by atoms with van der Waals surface area (Å²) in [6.07, 6.45) is 8.55. The molecule has 0 aliphatic carbocycles. The molecule has 8 heterocycles. The molecule has 0 fully saturated rings. The molecule has 12 aromatic rings. The molecule has 0 spiro atoms. The van der Waals surface area contributed by atoms with Crippen LogP contribution in [0.5, 0.6) is 0 Å². The van der Waals surface area contributed by atoms with E-state index < -0.39 is 0 Å². The number of aryl methyl sites for hydroxylation is 7. The van der Waals surface area contributed by atoms with Gasteiger partial charge >= 0.3 is 0 Å². The minimum absolute atomic E-state index is 0.697. The summed E-state index contributed by atoms with van der Waals surface area (Å²) in [6.45, 7) is 49.4. The van der Waals surface area contributed by atoms with Crippen molar-refractivity contribution in [1.29, 1.82) is 0 Å². The van der Waals surface area contributed by atoms with Gasteiger partial charge in [0.15, 0.2) is 48.9 Å². The molecule has 0 radical (unpaired) electrons. The maximum Gasteiger partial charge on any atom is 0.203 e. The normalized spacial score (nSPS) is 12.2. The highest BCUT2D eigenvalue weighted by molar-refractivity contribution is 5.87. The lowest BCUT2D eigenvalue weighted by molar-refractivity contribution is -0.749. The van der Waals surface area contributed by atoms with Gasteiger partial charge in [-0.2, -0.15) is 0 Å². The third-order valence-electron chi connectivity index (χ3n) is 16.4. The van der Waals surface area contributed by atoms with E-state index in [2.05, 4.69) is 192 Å². The Morgan fingerprint density at radius 1 is 0.338 bits per heavy atom. The SMILES string of the molecule is [C-]#[N+]c1ccc2c(c1)c[n+]1n2-c2c(C)cc(C)cc2C1.[C-]#[N+]c1ccc2c(c1)c[n+]1n2-c2c(ccc(C)c2C)C1.[C-]#[N+]c1ccc2c(c1)c[n+]1n2-c2cc(C)c(C)cc2C1.[C-]#[N+]c1ccc2c(c1)c[n+]1n2-c2cc(C)cc(C)c2C1. The number of fused-ring (bicyclic) bond motifs is 20. The van der Waals surface area contributed by atoms with Crippen LogP contribution in [0.2, 0.25) is 0 Å². The van der Waals surface area contributed by atoms with Gasteiger partial charge in [-0.1, -0.05) is 48.0 Å². The third-order valence-corrected chi connectivity index (χ3v) is 16.4. The summed E-state index contributed by atoms with van der Waals surface area (Å²) in [4.78, 5) is 14.0. The molecule has 0 amide bonds. The van der Waals surface area contributed by atoms with Gasteiger partial charge in [0.25, 0.3) is 0 Å². The molecule has 12 heteroatoms. The topological polar surface area (TPSA) is 52.7 Å². The van der Waals surface area contributed by atoms with Gasteiger partial charge in [-0.3, -0.25) is 0 Å². The van der Waals surface area contributed by atoms with Crippen LogP contribution < -0.4 is 18.7 Å². The van der Waals surface area contributed by atoms with E-state index in [1.54, 1.807) is 0 Å². The van der Waals surface area contributed by atoms with E-state index in [0.29, 0.717) is 22.7 Å². The zero-order valence-corrected chi connectivity index (χ0v) is 46.1. The van der Waals surface area contributed by atoms with Crippen LogP contribution in [0.3, 0.4) is 0 Å². The zero-order valence-electron chi connectivity index (χ0n) is 46.1. The molecule has 384 valence electrons. The van der Waals surface area contributed by atoms with Crippen LogP contribution in [0, 0.1) is 81.7 Å². The second-order valence-corrected chi connectivity index (χ2v) is 21.8. The van der Waals surface area contributed by atoms with Gasteiger partial charge in [0.1, 0.15) is 44.8 Å². The highest BCUT2D eigenvalue weighted by Crippen LogP contribution is 2.35. The van der Waals surface area contributed by atoms with Crippen molar-refractivity contribution in [1.82, 2.24) is 18.7 Å². The van der Waals surface area contributed by atoms with Crippen LogP contribution in [0.1, 0.15) is 66.8 Å². The lowest BCUT2D eigenvalue weighted by atomic mass is 10.0. The lowest BCUT2D eigenvalue weighted by Gasteiger charge is -2.05. The molecule has 12 nitrogen and oxygen atoms in total. The van der Waals surface area contributed by atoms with E-state index in [9.17, 15) is 0 Å². The van der Waals surface area contributed by atoms with Crippen LogP contribution >= 0.6 is 0 Å². The molecule has 0 saturated heterocycles. The fraction of sp³-hybridized carbons (Fsp3) is 0.176. The fourth-order valence-corrected chi connectivity index (χ4v) is 12.5. The smallest absolute Gasteiger partial charge is 0.203 e. The van der Waals surface area contributed by atoms with E-state index in [1.807, 2.05) is 66.7 Å². The monoisotopic (exact) mass is 1040 g/mol. The average molecular weight is 1040 g/mol. The molecule has 0 bridgehead atoms. The number of hydrogen-bond donors (Lipinski definition) is 0. The number of benzene rings is 8. The van der Waals surface area contributed by atoms with Crippen molar-refractivity contribution in [3.8, 4) is 22.7 Å². The molecule has 4 aliphatic rings. The van der Waals surface area contributed by atoms with Gasteiger partial charge in [0, 0.05) is 16.7 Å². The quantitative estimate of drug-likeness (QED) is 0.107. The van der Waals surface area contributed by atoms with E-state index in [4.69, 9.17) is 26.3 Å². The first-order chi connectivity index (χ1) is 38.7.